The zero-order valence-electron chi connectivity index (χ0n) is 13.5. The van der Waals surface area contributed by atoms with Crippen LogP contribution in [0.15, 0.2) is 46.8 Å². The molecule has 1 aliphatic rings. The maximum atomic E-state index is 12.6. The highest BCUT2D eigenvalue weighted by atomic mass is 16.5. The summed E-state index contributed by atoms with van der Waals surface area (Å²) in [5, 5.41) is 5.44. The van der Waals surface area contributed by atoms with Gasteiger partial charge in [0.05, 0.1) is 13.2 Å². The Morgan fingerprint density at radius 1 is 1.22 bits per heavy atom. The largest absolute Gasteiger partial charge is 0.497 e. The van der Waals surface area contributed by atoms with Gasteiger partial charge < -0.3 is 9.47 Å². The quantitative estimate of drug-likeness (QED) is 0.476. The minimum absolute atomic E-state index is 0.00345. The first-order chi connectivity index (χ1) is 11.1. The summed E-state index contributed by atoms with van der Waals surface area (Å²) in [5.41, 5.74) is 1.13. The summed E-state index contributed by atoms with van der Waals surface area (Å²) in [5.74, 6) is -0.377. The molecular weight excluding hydrogens is 296 g/mol. The molecule has 0 aromatic heterocycles. The number of ether oxygens (including phenoxy) is 2. The molecular formula is C17H20N2O4. The van der Waals surface area contributed by atoms with Crippen molar-refractivity contribution in [3.8, 4) is 0 Å². The van der Waals surface area contributed by atoms with Gasteiger partial charge in [-0.2, -0.15) is 0 Å². The Bertz CT molecular complexity index is 650. The van der Waals surface area contributed by atoms with E-state index in [-0.39, 0.29) is 23.8 Å². The summed E-state index contributed by atoms with van der Waals surface area (Å²) < 4.78 is 10.6. The molecule has 122 valence electrons. The third-order valence-corrected chi connectivity index (χ3v) is 3.26. The predicted molar refractivity (Wildman–Crippen MR) is 85.1 cm³/mol. The first-order valence-electron chi connectivity index (χ1n) is 7.55. The van der Waals surface area contributed by atoms with Crippen molar-refractivity contribution in [3.05, 3.63) is 47.2 Å². The first-order valence-corrected chi connectivity index (χ1v) is 7.55. The molecule has 6 nitrogen and oxygen atoms in total. The van der Waals surface area contributed by atoms with Gasteiger partial charge in [-0.3, -0.25) is 9.59 Å². The smallest absolute Gasteiger partial charge is 0.312 e. The van der Waals surface area contributed by atoms with Gasteiger partial charge in [-0.1, -0.05) is 37.3 Å². The lowest BCUT2D eigenvalue weighted by Gasteiger charge is -2.11. The lowest BCUT2D eigenvalue weighted by atomic mass is 10.2. The summed E-state index contributed by atoms with van der Waals surface area (Å²) in [6.45, 7) is 5.88. The number of benzene rings is 1. The average molecular weight is 316 g/mol. The van der Waals surface area contributed by atoms with Crippen LogP contribution in [0.1, 0.15) is 32.8 Å². The number of carbonyl (C=O) groups excluding carboxylic acids is 2. The lowest BCUT2D eigenvalue weighted by molar-refractivity contribution is -0.135. The third kappa shape index (κ3) is 3.97. The Labute approximate surface area is 135 Å². The molecule has 6 heteroatoms. The molecule has 0 radical (unpaired) electrons. The summed E-state index contributed by atoms with van der Waals surface area (Å²) in [6.07, 6.45) is 0.201. The van der Waals surface area contributed by atoms with Gasteiger partial charge in [0.25, 0.3) is 11.8 Å². The molecule has 0 saturated heterocycles. The molecule has 1 aromatic rings. The Kier molecular flexibility index (Phi) is 5.51. The highest BCUT2D eigenvalue weighted by molar-refractivity contribution is 6.23. The minimum Gasteiger partial charge on any atom is -0.497 e. The van der Waals surface area contributed by atoms with Crippen molar-refractivity contribution in [3.63, 3.8) is 0 Å². The fraction of sp³-hybridized carbons (Fsp3) is 0.353. The number of rotatable bonds is 5. The third-order valence-electron chi connectivity index (χ3n) is 3.26. The molecule has 23 heavy (non-hydrogen) atoms. The molecule has 0 atom stereocenters. The number of hydrogen-bond donors (Lipinski definition) is 0. The summed E-state index contributed by atoms with van der Waals surface area (Å²) in [6, 6.07) is 9.48. The van der Waals surface area contributed by atoms with Gasteiger partial charge in [0, 0.05) is 6.42 Å². The topological polar surface area (TPSA) is 68.2 Å². The molecule has 0 aliphatic carbocycles. The second kappa shape index (κ2) is 7.58. The van der Waals surface area contributed by atoms with Gasteiger partial charge in [-0.05, 0) is 19.4 Å². The van der Waals surface area contributed by atoms with Crippen LogP contribution in [-0.2, 0) is 25.6 Å². The maximum Gasteiger partial charge on any atom is 0.312 e. The van der Waals surface area contributed by atoms with Gasteiger partial charge in [0.1, 0.15) is 11.3 Å². The van der Waals surface area contributed by atoms with Crippen LogP contribution in [0.25, 0.3) is 0 Å². The molecule has 0 unspecified atom stereocenters. The van der Waals surface area contributed by atoms with Crippen molar-refractivity contribution in [1.82, 2.24) is 5.01 Å². The van der Waals surface area contributed by atoms with Gasteiger partial charge in [-0.15, -0.1) is 5.10 Å². The van der Waals surface area contributed by atoms with Crippen LogP contribution in [0.5, 0.6) is 0 Å². The Morgan fingerprint density at radius 3 is 2.52 bits per heavy atom. The first kappa shape index (κ1) is 16.7. The van der Waals surface area contributed by atoms with Crippen molar-refractivity contribution < 1.29 is 19.1 Å². The van der Waals surface area contributed by atoms with E-state index in [0.29, 0.717) is 18.9 Å². The normalized spacial score (nSPS) is 16.2. The Hall–Kier alpha value is -2.63. The second-order valence-electron chi connectivity index (χ2n) is 4.95. The van der Waals surface area contributed by atoms with Crippen LogP contribution >= 0.6 is 0 Å². The standard InChI is InChI=1S/C17H20N2O4/c1-4-14(20)23-16-15(12(3)22-5-2)17(21)19(18-16)11-13-9-7-6-8-10-13/h6-10H,4-5,11H2,1-3H3. The molecule has 0 fully saturated rings. The summed E-state index contributed by atoms with van der Waals surface area (Å²) >= 11 is 0. The Morgan fingerprint density at radius 2 is 1.91 bits per heavy atom. The van der Waals surface area contributed by atoms with Gasteiger partial charge in [-0.25, -0.2) is 5.01 Å². The predicted octanol–water partition coefficient (Wildman–Crippen LogP) is 2.61. The van der Waals surface area contributed by atoms with E-state index in [1.54, 1.807) is 13.8 Å². The van der Waals surface area contributed by atoms with Crippen LogP contribution in [0, 0.1) is 0 Å². The van der Waals surface area contributed by atoms with Gasteiger partial charge in [0.15, 0.2) is 0 Å². The number of hydrogen-bond acceptors (Lipinski definition) is 5. The highest BCUT2D eigenvalue weighted by Crippen LogP contribution is 2.22. The SMILES string of the molecule is CCOC(C)=C1C(=O)N(Cc2ccccc2)N=C1OC(=O)CC. The fourth-order valence-electron chi connectivity index (χ4n) is 2.13. The van der Waals surface area contributed by atoms with Crippen molar-refractivity contribution >= 4 is 17.8 Å². The van der Waals surface area contributed by atoms with Gasteiger partial charge in [0.2, 0.25) is 0 Å². The zero-order valence-corrected chi connectivity index (χ0v) is 13.5. The van der Waals surface area contributed by atoms with Crippen molar-refractivity contribution in [2.45, 2.75) is 33.7 Å². The van der Waals surface area contributed by atoms with E-state index in [9.17, 15) is 9.59 Å². The number of carbonyl (C=O) groups is 2. The van der Waals surface area contributed by atoms with E-state index in [1.165, 1.54) is 5.01 Å². The summed E-state index contributed by atoms with van der Waals surface area (Å²) in [4.78, 5) is 24.2. The minimum atomic E-state index is -0.445. The molecule has 1 aliphatic heterocycles. The molecule has 1 amide bonds. The van der Waals surface area contributed by atoms with Crippen LogP contribution < -0.4 is 0 Å². The van der Waals surface area contributed by atoms with Crippen molar-refractivity contribution in [2.75, 3.05) is 6.61 Å². The van der Waals surface area contributed by atoms with Crippen molar-refractivity contribution in [1.29, 1.82) is 0 Å². The van der Waals surface area contributed by atoms with Crippen LogP contribution in [0.4, 0.5) is 0 Å². The number of esters is 1. The molecule has 0 bridgehead atoms. The molecule has 0 saturated carbocycles. The number of hydrazone groups is 1. The average Bonchev–Trinajstić information content (AvgIpc) is 2.84. The van der Waals surface area contributed by atoms with E-state index in [4.69, 9.17) is 9.47 Å². The maximum absolute atomic E-state index is 12.6. The number of allylic oxidation sites excluding steroid dienone is 1. The molecule has 1 aromatic carbocycles. The molecule has 1 heterocycles. The lowest BCUT2D eigenvalue weighted by Crippen LogP contribution is -2.23. The van der Waals surface area contributed by atoms with Crippen molar-refractivity contribution in [2.24, 2.45) is 5.10 Å². The van der Waals surface area contributed by atoms with E-state index in [0.717, 1.165) is 5.56 Å². The van der Waals surface area contributed by atoms with E-state index in [1.807, 2.05) is 37.3 Å². The second-order valence-corrected chi connectivity index (χ2v) is 4.95. The molecule has 0 N–H and O–H groups in total. The monoisotopic (exact) mass is 316 g/mol. The fourth-order valence-corrected chi connectivity index (χ4v) is 2.13. The van der Waals surface area contributed by atoms with E-state index in [2.05, 4.69) is 5.10 Å². The van der Waals surface area contributed by atoms with Crippen LogP contribution in [0.2, 0.25) is 0 Å². The Balaban J connectivity index is 2.29. The van der Waals surface area contributed by atoms with Crippen LogP contribution in [-0.4, -0.2) is 29.4 Å². The highest BCUT2D eigenvalue weighted by Gasteiger charge is 2.35. The molecule has 2 rings (SSSR count). The molecule has 0 spiro atoms. The summed E-state index contributed by atoms with van der Waals surface area (Å²) in [7, 11) is 0. The van der Waals surface area contributed by atoms with E-state index < -0.39 is 5.97 Å². The van der Waals surface area contributed by atoms with Crippen LogP contribution in [0.3, 0.4) is 0 Å². The van der Waals surface area contributed by atoms with Gasteiger partial charge >= 0.3 is 5.97 Å². The number of nitrogens with zero attached hydrogens (tertiary/aromatic N) is 2. The van der Waals surface area contributed by atoms with E-state index >= 15 is 0 Å². The zero-order chi connectivity index (χ0) is 16.8. The number of amides is 1.